The Balaban J connectivity index is 1.93. The average molecular weight is 388 g/mol. The molecule has 1 amide bonds. The lowest BCUT2D eigenvalue weighted by atomic mass is 10.2. The molecule has 0 aromatic heterocycles. The van der Waals surface area contributed by atoms with Crippen molar-refractivity contribution in [1.29, 1.82) is 0 Å². The van der Waals surface area contributed by atoms with Gasteiger partial charge < -0.3 is 4.74 Å². The van der Waals surface area contributed by atoms with E-state index in [0.717, 1.165) is 17.7 Å². The van der Waals surface area contributed by atoms with Crippen LogP contribution in [0.15, 0.2) is 53.4 Å². The molecule has 10 heteroatoms. The van der Waals surface area contributed by atoms with E-state index in [0.29, 0.717) is 17.9 Å². The molecule has 0 aliphatic heterocycles. The van der Waals surface area contributed by atoms with E-state index in [1.165, 1.54) is 0 Å². The van der Waals surface area contributed by atoms with Gasteiger partial charge in [-0.25, -0.2) is 8.42 Å². The molecular weight excluding hydrogens is 373 g/mol. The lowest BCUT2D eigenvalue weighted by Crippen LogP contribution is -2.43. The topological polar surface area (TPSA) is 84.5 Å². The number of alkyl halides is 3. The molecule has 0 saturated heterocycles. The van der Waals surface area contributed by atoms with Crippen LogP contribution in [0.3, 0.4) is 0 Å². The summed E-state index contributed by atoms with van der Waals surface area (Å²) < 4.78 is 66.7. The highest BCUT2D eigenvalue weighted by atomic mass is 32.2. The van der Waals surface area contributed by atoms with Crippen molar-refractivity contribution in [1.82, 2.24) is 10.3 Å². The Morgan fingerprint density at radius 3 is 2.27 bits per heavy atom. The van der Waals surface area contributed by atoms with Crippen molar-refractivity contribution in [2.75, 3.05) is 6.61 Å². The van der Waals surface area contributed by atoms with Crippen LogP contribution in [0.4, 0.5) is 13.2 Å². The van der Waals surface area contributed by atoms with E-state index in [9.17, 15) is 26.4 Å². The van der Waals surface area contributed by atoms with Crippen LogP contribution in [0.1, 0.15) is 11.1 Å². The SMILES string of the molecule is Cc1ccccc1OCC(=O)NNS(=O)(=O)c1ccc(C(F)(F)F)cc1. The molecule has 0 radical (unpaired) electrons. The smallest absolute Gasteiger partial charge is 0.416 e. The third-order valence-electron chi connectivity index (χ3n) is 3.27. The zero-order valence-corrected chi connectivity index (χ0v) is 14.3. The van der Waals surface area contributed by atoms with Gasteiger partial charge in [0, 0.05) is 0 Å². The van der Waals surface area contributed by atoms with Gasteiger partial charge >= 0.3 is 6.18 Å². The quantitative estimate of drug-likeness (QED) is 0.745. The first-order chi connectivity index (χ1) is 12.1. The first-order valence-electron chi connectivity index (χ1n) is 7.26. The molecule has 6 nitrogen and oxygen atoms in total. The van der Waals surface area contributed by atoms with Crippen molar-refractivity contribution in [3.63, 3.8) is 0 Å². The zero-order valence-electron chi connectivity index (χ0n) is 13.5. The summed E-state index contributed by atoms with van der Waals surface area (Å²) in [4.78, 5) is 13.0. The van der Waals surface area contributed by atoms with Gasteiger partial charge in [-0.05, 0) is 42.8 Å². The fourth-order valence-electron chi connectivity index (χ4n) is 1.90. The maximum atomic E-state index is 12.5. The van der Waals surface area contributed by atoms with Crippen LogP contribution in [0, 0.1) is 6.92 Å². The Morgan fingerprint density at radius 1 is 1.08 bits per heavy atom. The van der Waals surface area contributed by atoms with Gasteiger partial charge in [0.25, 0.3) is 15.9 Å². The van der Waals surface area contributed by atoms with E-state index in [1.807, 2.05) is 5.43 Å². The largest absolute Gasteiger partial charge is 0.483 e. The monoisotopic (exact) mass is 388 g/mol. The molecule has 140 valence electrons. The first kappa shape index (κ1) is 19.7. The van der Waals surface area contributed by atoms with Gasteiger partial charge in [0.15, 0.2) is 6.61 Å². The zero-order chi connectivity index (χ0) is 19.4. The number of para-hydroxylation sites is 1. The summed E-state index contributed by atoms with van der Waals surface area (Å²) >= 11 is 0. The van der Waals surface area contributed by atoms with Crippen LogP contribution in [-0.4, -0.2) is 20.9 Å². The van der Waals surface area contributed by atoms with Crippen molar-refractivity contribution in [3.8, 4) is 5.75 Å². The number of carbonyl (C=O) groups excluding carboxylic acids is 1. The first-order valence-corrected chi connectivity index (χ1v) is 8.74. The minimum absolute atomic E-state index is 0.425. The van der Waals surface area contributed by atoms with Crippen molar-refractivity contribution < 1.29 is 31.1 Å². The van der Waals surface area contributed by atoms with Crippen molar-refractivity contribution in [2.45, 2.75) is 18.0 Å². The minimum Gasteiger partial charge on any atom is -0.483 e. The van der Waals surface area contributed by atoms with Gasteiger partial charge in [-0.2, -0.15) is 13.2 Å². The number of hydrogen-bond acceptors (Lipinski definition) is 4. The molecule has 2 N–H and O–H groups in total. The van der Waals surface area contributed by atoms with Gasteiger partial charge in [0.05, 0.1) is 10.5 Å². The molecule has 0 aliphatic carbocycles. The molecule has 2 aromatic carbocycles. The van der Waals surface area contributed by atoms with E-state index >= 15 is 0 Å². The van der Waals surface area contributed by atoms with E-state index < -0.39 is 39.2 Å². The van der Waals surface area contributed by atoms with Crippen LogP contribution < -0.4 is 15.0 Å². The highest BCUT2D eigenvalue weighted by molar-refractivity contribution is 7.89. The highest BCUT2D eigenvalue weighted by Crippen LogP contribution is 2.29. The number of ether oxygens (including phenoxy) is 1. The van der Waals surface area contributed by atoms with E-state index in [1.54, 1.807) is 36.0 Å². The van der Waals surface area contributed by atoms with Crippen LogP contribution in [0.25, 0.3) is 0 Å². The number of hydrazine groups is 1. The molecule has 0 saturated carbocycles. The molecule has 0 aliphatic rings. The van der Waals surface area contributed by atoms with Gasteiger partial charge in [0.1, 0.15) is 5.75 Å². The maximum absolute atomic E-state index is 12.5. The molecule has 0 fully saturated rings. The summed E-state index contributed by atoms with van der Waals surface area (Å²) in [6.07, 6.45) is -4.57. The second-order valence-corrected chi connectivity index (χ2v) is 6.91. The summed E-state index contributed by atoms with van der Waals surface area (Å²) in [5.74, 6) is -0.308. The van der Waals surface area contributed by atoms with Gasteiger partial charge in [-0.3, -0.25) is 10.2 Å². The number of benzene rings is 2. The minimum atomic E-state index is -4.57. The molecule has 0 spiro atoms. The molecule has 0 heterocycles. The molecule has 0 atom stereocenters. The van der Waals surface area contributed by atoms with Gasteiger partial charge in [0.2, 0.25) is 0 Å². The second-order valence-electron chi connectivity index (χ2n) is 5.23. The summed E-state index contributed by atoms with van der Waals surface area (Å²) in [6.45, 7) is 1.33. The van der Waals surface area contributed by atoms with Crippen molar-refractivity contribution >= 4 is 15.9 Å². The second kappa shape index (κ2) is 7.75. The standard InChI is InChI=1S/C16H15F3N2O4S/c1-11-4-2-3-5-14(11)25-10-15(22)20-21-26(23,24)13-8-6-12(7-9-13)16(17,18)19/h2-9,21H,10H2,1H3,(H,20,22). The molecule has 26 heavy (non-hydrogen) atoms. The Hall–Kier alpha value is -2.59. The number of nitrogens with one attached hydrogen (secondary N) is 2. The normalized spacial score (nSPS) is 11.8. The number of carbonyl (C=O) groups is 1. The fraction of sp³-hybridized carbons (Fsp3) is 0.188. The van der Waals surface area contributed by atoms with Crippen molar-refractivity contribution in [2.24, 2.45) is 0 Å². The Labute approximate surface area is 148 Å². The molecule has 2 rings (SSSR count). The molecule has 2 aromatic rings. The number of sulfonamides is 1. The predicted octanol–water partition coefficient (Wildman–Crippen LogP) is 2.40. The lowest BCUT2D eigenvalue weighted by molar-refractivity contribution is -0.137. The fourth-order valence-corrected chi connectivity index (χ4v) is 2.76. The molecular formula is C16H15F3N2O4S. The lowest BCUT2D eigenvalue weighted by Gasteiger charge is -2.11. The average Bonchev–Trinajstić information content (AvgIpc) is 2.59. The summed E-state index contributed by atoms with van der Waals surface area (Å²) in [5.41, 5.74) is 1.75. The molecule has 0 unspecified atom stereocenters. The Morgan fingerprint density at radius 2 is 1.69 bits per heavy atom. The Bertz CT molecular complexity index is 881. The highest BCUT2D eigenvalue weighted by Gasteiger charge is 2.30. The predicted molar refractivity (Wildman–Crippen MR) is 86.6 cm³/mol. The number of amides is 1. The molecule has 0 bridgehead atoms. The number of rotatable bonds is 6. The van der Waals surface area contributed by atoms with Crippen LogP contribution in [-0.2, 0) is 21.0 Å². The summed E-state index contributed by atoms with van der Waals surface area (Å²) in [5, 5.41) is 0. The van der Waals surface area contributed by atoms with Crippen molar-refractivity contribution in [3.05, 3.63) is 59.7 Å². The third-order valence-corrected chi connectivity index (χ3v) is 4.53. The summed E-state index contributed by atoms with van der Waals surface area (Å²) in [6, 6.07) is 9.79. The summed E-state index contributed by atoms with van der Waals surface area (Å²) in [7, 11) is -4.21. The van der Waals surface area contributed by atoms with E-state index in [4.69, 9.17) is 4.74 Å². The van der Waals surface area contributed by atoms with Crippen LogP contribution in [0.2, 0.25) is 0 Å². The van der Waals surface area contributed by atoms with Gasteiger partial charge in [-0.1, -0.05) is 18.2 Å². The maximum Gasteiger partial charge on any atom is 0.416 e. The Kier molecular flexibility index (Phi) is 5.88. The third kappa shape index (κ3) is 5.20. The van der Waals surface area contributed by atoms with E-state index in [2.05, 4.69) is 0 Å². The van der Waals surface area contributed by atoms with Crippen LogP contribution >= 0.6 is 0 Å². The number of halogens is 3. The number of hydrogen-bond donors (Lipinski definition) is 2. The number of aryl methyl sites for hydroxylation is 1. The van der Waals surface area contributed by atoms with E-state index in [-0.39, 0.29) is 0 Å². The van der Waals surface area contributed by atoms with Gasteiger partial charge in [-0.15, -0.1) is 4.83 Å². The van der Waals surface area contributed by atoms with Crippen LogP contribution in [0.5, 0.6) is 5.75 Å².